The van der Waals surface area contributed by atoms with Gasteiger partial charge in [0.25, 0.3) is 0 Å². The van der Waals surface area contributed by atoms with Crippen molar-refractivity contribution in [3.05, 3.63) is 0 Å². The summed E-state index contributed by atoms with van der Waals surface area (Å²) in [5.41, 5.74) is 0. The molecule has 0 saturated carbocycles. The maximum Gasteiger partial charge on any atom is 0.389 e. The van der Waals surface area contributed by atoms with Crippen molar-refractivity contribution in [2.45, 2.75) is 19.4 Å². The van der Waals surface area contributed by atoms with Crippen LogP contribution in [0.5, 0.6) is 0 Å². The first kappa shape index (κ1) is 9.61. The van der Waals surface area contributed by atoms with Crippen molar-refractivity contribution in [3.63, 3.8) is 0 Å². The normalized spacial score (nSPS) is 13.2. The van der Waals surface area contributed by atoms with Crippen LogP contribution in [0.3, 0.4) is 0 Å². The minimum atomic E-state index is -4.66. The number of rotatable bonds is 3. The smallest absolute Gasteiger partial charge is 0.202 e. The Morgan fingerprint density at radius 1 is 1.40 bits per heavy atom. The van der Waals surface area contributed by atoms with Crippen LogP contribution in [-0.2, 0) is 0 Å². The first-order valence-corrected chi connectivity index (χ1v) is 2.52. The largest absolute Gasteiger partial charge is 0.389 e. The highest BCUT2D eigenvalue weighted by Crippen LogP contribution is 2.27. The van der Waals surface area contributed by atoms with Crippen molar-refractivity contribution in [2.24, 2.45) is 0 Å². The van der Waals surface area contributed by atoms with E-state index in [4.69, 9.17) is 0 Å². The summed E-state index contributed by atoms with van der Waals surface area (Å²) in [7, 11) is 0. The minimum Gasteiger partial charge on any atom is -0.202 e. The number of alkyl halides is 4. The number of hydrogen-bond acceptors (Lipinski definition) is 1. The molecule has 62 valence electrons. The Morgan fingerprint density at radius 2 is 1.80 bits per heavy atom. The molecule has 0 rings (SSSR count). The molecule has 0 spiro atoms. The average Bonchev–Trinajstić information content (AvgIpc) is 1.86. The number of nitrogens with zero attached hydrogens (tertiary/aromatic N) is 1. The topological polar surface area (TPSA) is 3.24 Å². The molecular weight excluding hydrogens is 157 g/mol. The van der Waals surface area contributed by atoms with Gasteiger partial charge in [0, 0.05) is 6.54 Å². The van der Waals surface area contributed by atoms with Crippen LogP contribution in [0.15, 0.2) is 0 Å². The predicted molar refractivity (Wildman–Crippen MR) is 24.4 cm³/mol. The predicted octanol–water partition coefficient (Wildman–Crippen LogP) is 2.05. The standard InChI is InChI=1S/C4H6F5N/c1-2-10(9)4(7,8)3(5)6/h3H,2H2,1H3. The summed E-state index contributed by atoms with van der Waals surface area (Å²) in [5, 5.41) is -1.20. The lowest BCUT2D eigenvalue weighted by atomic mass is 10.5. The molecule has 0 aromatic heterocycles. The van der Waals surface area contributed by atoms with Gasteiger partial charge in [-0.2, -0.15) is 8.78 Å². The molecule has 0 heterocycles. The third kappa shape index (κ3) is 1.80. The molecule has 0 N–H and O–H groups in total. The van der Waals surface area contributed by atoms with E-state index >= 15 is 0 Å². The van der Waals surface area contributed by atoms with Crippen molar-refractivity contribution in [1.82, 2.24) is 5.12 Å². The van der Waals surface area contributed by atoms with E-state index in [2.05, 4.69) is 0 Å². The van der Waals surface area contributed by atoms with Crippen LogP contribution in [0.1, 0.15) is 6.92 Å². The van der Waals surface area contributed by atoms with Crippen LogP contribution in [0.2, 0.25) is 0 Å². The van der Waals surface area contributed by atoms with Gasteiger partial charge in [-0.3, -0.25) is 0 Å². The van der Waals surface area contributed by atoms with E-state index in [1.807, 2.05) is 0 Å². The highest BCUT2D eigenvalue weighted by Gasteiger charge is 2.47. The molecule has 0 fully saturated rings. The molecule has 0 atom stereocenters. The lowest BCUT2D eigenvalue weighted by Crippen LogP contribution is -2.41. The monoisotopic (exact) mass is 163 g/mol. The Hall–Kier alpha value is -0.390. The lowest BCUT2D eigenvalue weighted by Gasteiger charge is -2.20. The van der Waals surface area contributed by atoms with Crippen LogP contribution in [0.4, 0.5) is 22.0 Å². The second kappa shape index (κ2) is 3.14. The van der Waals surface area contributed by atoms with Crippen LogP contribution in [-0.4, -0.2) is 24.1 Å². The van der Waals surface area contributed by atoms with Gasteiger partial charge in [0.15, 0.2) is 0 Å². The lowest BCUT2D eigenvalue weighted by molar-refractivity contribution is -0.289. The van der Waals surface area contributed by atoms with Crippen molar-refractivity contribution < 1.29 is 22.0 Å². The molecule has 0 aliphatic rings. The van der Waals surface area contributed by atoms with E-state index in [0.29, 0.717) is 0 Å². The Balaban J connectivity index is 4.09. The second-order valence-corrected chi connectivity index (χ2v) is 1.57. The van der Waals surface area contributed by atoms with E-state index < -0.39 is 24.1 Å². The average molecular weight is 163 g/mol. The molecule has 0 unspecified atom stereocenters. The van der Waals surface area contributed by atoms with Gasteiger partial charge in [-0.1, -0.05) is 5.12 Å². The van der Waals surface area contributed by atoms with Gasteiger partial charge in [-0.05, 0) is 6.92 Å². The fraction of sp³-hybridized carbons (Fsp3) is 1.00. The SMILES string of the molecule is CCN(F)C(F)(F)C(F)F. The molecule has 0 amide bonds. The summed E-state index contributed by atoms with van der Waals surface area (Å²) in [5.74, 6) is 0. The molecule has 0 radical (unpaired) electrons. The minimum absolute atomic E-state index is 0.767. The zero-order valence-corrected chi connectivity index (χ0v) is 5.12. The maximum atomic E-state index is 11.8. The third-order valence-electron chi connectivity index (χ3n) is 0.864. The van der Waals surface area contributed by atoms with Crippen molar-refractivity contribution in [1.29, 1.82) is 0 Å². The van der Waals surface area contributed by atoms with Gasteiger partial charge in [0.2, 0.25) is 0 Å². The van der Waals surface area contributed by atoms with E-state index in [9.17, 15) is 22.0 Å². The Labute approximate surface area is 54.4 Å². The second-order valence-electron chi connectivity index (χ2n) is 1.57. The van der Waals surface area contributed by atoms with Crippen LogP contribution in [0.25, 0.3) is 0 Å². The molecule has 10 heavy (non-hydrogen) atoms. The summed E-state index contributed by atoms with van der Waals surface area (Å²) in [6.07, 6.45) is -3.99. The summed E-state index contributed by atoms with van der Waals surface area (Å²) in [6, 6.07) is -4.66. The summed E-state index contributed by atoms with van der Waals surface area (Å²) in [6.45, 7) is 0.244. The summed E-state index contributed by atoms with van der Waals surface area (Å²) >= 11 is 0. The highest BCUT2D eigenvalue weighted by molar-refractivity contribution is 4.62. The third-order valence-corrected chi connectivity index (χ3v) is 0.864. The molecule has 0 aromatic rings. The van der Waals surface area contributed by atoms with Crippen molar-refractivity contribution in [3.8, 4) is 0 Å². The molecule has 0 bridgehead atoms. The first-order valence-electron chi connectivity index (χ1n) is 2.52. The van der Waals surface area contributed by atoms with Gasteiger partial charge < -0.3 is 0 Å². The van der Waals surface area contributed by atoms with E-state index in [0.717, 1.165) is 6.92 Å². The van der Waals surface area contributed by atoms with Gasteiger partial charge in [-0.15, -0.1) is 4.48 Å². The van der Waals surface area contributed by atoms with Crippen molar-refractivity contribution in [2.75, 3.05) is 6.54 Å². The van der Waals surface area contributed by atoms with Gasteiger partial charge in [0.1, 0.15) is 0 Å². The molecule has 6 heteroatoms. The Morgan fingerprint density at radius 3 is 1.90 bits per heavy atom. The fourth-order valence-electron chi connectivity index (χ4n) is 0.317. The maximum absolute atomic E-state index is 11.8. The zero-order valence-electron chi connectivity index (χ0n) is 5.12. The number of hydrogen-bond donors (Lipinski definition) is 0. The van der Waals surface area contributed by atoms with Gasteiger partial charge in [-0.25, -0.2) is 8.78 Å². The molecule has 0 aliphatic carbocycles. The summed E-state index contributed by atoms with van der Waals surface area (Å²) < 4.78 is 57.7. The summed E-state index contributed by atoms with van der Waals surface area (Å²) in [4.78, 5) is 0. The number of halogens is 5. The Kier molecular flexibility index (Phi) is 3.01. The highest BCUT2D eigenvalue weighted by atomic mass is 19.3. The van der Waals surface area contributed by atoms with Crippen LogP contribution in [0, 0.1) is 0 Å². The van der Waals surface area contributed by atoms with E-state index in [1.165, 1.54) is 0 Å². The molecule has 0 saturated heterocycles. The molecule has 0 aliphatic heterocycles. The zero-order chi connectivity index (χ0) is 8.36. The van der Waals surface area contributed by atoms with Crippen LogP contribution >= 0.6 is 0 Å². The van der Waals surface area contributed by atoms with E-state index in [1.54, 1.807) is 0 Å². The van der Waals surface area contributed by atoms with E-state index in [-0.39, 0.29) is 0 Å². The molecular formula is C4H6F5N. The first-order chi connectivity index (χ1) is 4.42. The molecule has 1 nitrogen and oxygen atoms in total. The van der Waals surface area contributed by atoms with Gasteiger partial charge >= 0.3 is 12.5 Å². The van der Waals surface area contributed by atoms with Crippen molar-refractivity contribution >= 4 is 0 Å². The Bertz CT molecular complexity index is 104. The fourth-order valence-corrected chi connectivity index (χ4v) is 0.317. The quantitative estimate of drug-likeness (QED) is 0.349. The molecule has 0 aromatic carbocycles. The van der Waals surface area contributed by atoms with Gasteiger partial charge in [0.05, 0.1) is 0 Å². The van der Waals surface area contributed by atoms with Crippen LogP contribution < -0.4 is 0 Å².